The van der Waals surface area contributed by atoms with Crippen LogP contribution < -0.4 is 11.3 Å². The minimum atomic E-state index is -5.44. The SMILES string of the molecule is Nc1nc2c(ncn2[C@@H]2O[C@H](COP(=O)(O)OP(=O)(O)OC[C@@H]3[C@@H](O)[C@@H](O)CN3C(=O)OCc3ccccc3)[C@@H](O)[C@H]2O)c(=O)[nH]1. The first-order valence-electron chi connectivity index (χ1n) is 13.4. The van der Waals surface area contributed by atoms with E-state index in [-0.39, 0.29) is 23.7 Å². The highest BCUT2D eigenvalue weighted by Gasteiger charge is 2.48. The molecule has 3 aromatic rings. The zero-order valence-electron chi connectivity index (χ0n) is 23.5. The number of phosphoric ester groups is 2. The van der Waals surface area contributed by atoms with Gasteiger partial charge in [-0.1, -0.05) is 30.3 Å². The van der Waals surface area contributed by atoms with Gasteiger partial charge in [-0.15, -0.1) is 0 Å². The van der Waals surface area contributed by atoms with Gasteiger partial charge in [0.15, 0.2) is 17.4 Å². The Labute approximate surface area is 257 Å². The predicted molar refractivity (Wildman–Crippen MR) is 150 cm³/mol. The van der Waals surface area contributed by atoms with Crippen molar-refractivity contribution in [1.29, 1.82) is 0 Å². The molecule has 2 saturated heterocycles. The van der Waals surface area contributed by atoms with Gasteiger partial charge in [-0.2, -0.15) is 9.29 Å². The predicted octanol–water partition coefficient (Wildman–Crippen LogP) is -1.69. The highest BCUT2D eigenvalue weighted by Crippen LogP contribution is 2.60. The highest BCUT2D eigenvalue weighted by molar-refractivity contribution is 7.61. The number of hydrogen-bond donors (Lipinski definition) is 8. The molecule has 1 aromatic carbocycles. The molecule has 46 heavy (non-hydrogen) atoms. The summed E-state index contributed by atoms with van der Waals surface area (Å²) in [5.41, 5.74) is 5.26. The molecule has 4 heterocycles. The zero-order valence-corrected chi connectivity index (χ0v) is 25.2. The van der Waals surface area contributed by atoms with Crippen molar-refractivity contribution in [3.05, 3.63) is 52.6 Å². The van der Waals surface area contributed by atoms with Crippen LogP contribution in [0.25, 0.3) is 11.2 Å². The normalized spacial score (nSPS) is 29.1. The highest BCUT2D eigenvalue weighted by atomic mass is 31.3. The molecule has 0 radical (unpaired) electrons. The first-order chi connectivity index (χ1) is 21.7. The van der Waals surface area contributed by atoms with Gasteiger partial charge < -0.3 is 45.4 Å². The van der Waals surface area contributed by atoms with E-state index in [9.17, 15) is 48.9 Å². The largest absolute Gasteiger partial charge is 0.481 e. The fraction of sp³-hybridized carbons (Fsp3) is 0.478. The van der Waals surface area contributed by atoms with Crippen LogP contribution in [0.1, 0.15) is 11.8 Å². The van der Waals surface area contributed by atoms with E-state index in [2.05, 4.69) is 19.3 Å². The van der Waals surface area contributed by atoms with Crippen molar-refractivity contribution in [3.8, 4) is 0 Å². The minimum Gasteiger partial charge on any atom is -0.445 e. The lowest BCUT2D eigenvalue weighted by Gasteiger charge is -2.26. The van der Waals surface area contributed by atoms with E-state index in [1.165, 1.54) is 0 Å². The monoisotopic (exact) mass is 692 g/mol. The van der Waals surface area contributed by atoms with Crippen LogP contribution in [-0.2, 0) is 38.6 Å². The number of β-amino-alcohol motifs (C(OH)–C–C–N with tert-alkyl or cyclic N) is 1. The molecular formula is C23H30N6O15P2. The Bertz CT molecular complexity index is 1710. The maximum atomic E-state index is 12.6. The summed E-state index contributed by atoms with van der Waals surface area (Å²) in [7, 11) is -10.9. The van der Waals surface area contributed by atoms with E-state index in [0.29, 0.717) is 5.56 Å². The summed E-state index contributed by atoms with van der Waals surface area (Å²) in [6, 6.07) is 7.16. The second-order valence-corrected chi connectivity index (χ2v) is 13.3. The molecule has 0 bridgehead atoms. The van der Waals surface area contributed by atoms with Crippen LogP contribution in [-0.4, -0.2) is 117 Å². The molecule has 2 aromatic heterocycles. The van der Waals surface area contributed by atoms with Crippen molar-refractivity contribution >= 4 is 38.9 Å². The first-order valence-corrected chi connectivity index (χ1v) is 16.4. The number of amides is 1. The Balaban J connectivity index is 1.16. The topological polar surface area (TPSA) is 312 Å². The molecule has 1 amide bonds. The number of imidazole rings is 1. The summed E-state index contributed by atoms with van der Waals surface area (Å²) in [6.07, 6.45) is -9.34. The first kappa shape index (κ1) is 34.0. The Morgan fingerprint density at radius 3 is 2.41 bits per heavy atom. The number of nitrogens with one attached hydrogen (secondary N) is 1. The third-order valence-electron chi connectivity index (χ3n) is 7.09. The van der Waals surface area contributed by atoms with Gasteiger partial charge in [0.2, 0.25) is 5.95 Å². The molecule has 0 saturated carbocycles. The molecule has 0 aliphatic carbocycles. The van der Waals surface area contributed by atoms with Crippen LogP contribution in [0.5, 0.6) is 0 Å². The van der Waals surface area contributed by atoms with Crippen LogP contribution in [0.3, 0.4) is 0 Å². The Morgan fingerprint density at radius 2 is 1.72 bits per heavy atom. The van der Waals surface area contributed by atoms with E-state index in [1.54, 1.807) is 30.3 Å². The van der Waals surface area contributed by atoms with Crippen molar-refractivity contribution in [3.63, 3.8) is 0 Å². The number of aliphatic hydroxyl groups excluding tert-OH is 4. The summed E-state index contributed by atoms with van der Waals surface area (Å²) < 4.78 is 50.5. The van der Waals surface area contributed by atoms with Gasteiger partial charge in [0.1, 0.15) is 31.0 Å². The molecule has 0 spiro atoms. The van der Waals surface area contributed by atoms with Crippen LogP contribution in [0.15, 0.2) is 41.5 Å². The van der Waals surface area contributed by atoms with Crippen LogP contribution in [0, 0.1) is 0 Å². The number of H-pyrrole nitrogens is 1. The Morgan fingerprint density at radius 1 is 1.04 bits per heavy atom. The number of phosphoric acid groups is 2. The second-order valence-electron chi connectivity index (χ2n) is 10.2. The quantitative estimate of drug-likeness (QED) is 0.104. The molecule has 2 aliphatic heterocycles. The third kappa shape index (κ3) is 7.46. The fourth-order valence-corrected chi connectivity index (χ4v) is 6.92. The number of nitrogens with two attached hydrogens (primary N) is 1. The van der Waals surface area contributed by atoms with E-state index in [4.69, 9.17) is 24.3 Å². The number of nitrogens with zero attached hydrogens (tertiary/aromatic N) is 4. The number of carbonyl (C=O) groups is 1. The Hall–Kier alpha value is -3.30. The number of aliphatic hydroxyl groups is 4. The van der Waals surface area contributed by atoms with E-state index >= 15 is 0 Å². The van der Waals surface area contributed by atoms with Crippen molar-refractivity contribution in [1.82, 2.24) is 24.4 Å². The number of benzene rings is 1. The van der Waals surface area contributed by atoms with Crippen molar-refractivity contribution in [2.45, 2.75) is 49.4 Å². The Kier molecular flexibility index (Phi) is 9.94. The number of carbonyl (C=O) groups excluding carboxylic acids is 1. The van der Waals surface area contributed by atoms with Gasteiger partial charge in [0.05, 0.1) is 38.2 Å². The van der Waals surface area contributed by atoms with E-state index in [0.717, 1.165) is 15.8 Å². The molecule has 2 unspecified atom stereocenters. The lowest BCUT2D eigenvalue weighted by atomic mass is 10.1. The maximum absolute atomic E-state index is 12.6. The zero-order chi connectivity index (χ0) is 33.4. The molecule has 5 rings (SSSR count). The van der Waals surface area contributed by atoms with Crippen molar-refractivity contribution < 1.29 is 67.0 Å². The maximum Gasteiger partial charge on any atom is 0.481 e. The minimum absolute atomic E-state index is 0.100. The van der Waals surface area contributed by atoms with Gasteiger partial charge in [-0.3, -0.25) is 28.3 Å². The standard InChI is InChI=1S/C23H30N6O15P2/c24-22-26-19-15(20(34)27-22)25-10-29(19)21-18(33)17(32)14(43-21)9-42-46(38,39)44-45(36,37)41-8-12-16(31)13(30)6-28(12)23(35)40-7-11-4-2-1-3-5-11/h1-5,10,12-14,16-18,21,30-33H,6-9H2,(H,36,37)(H,38,39)(H3,24,26,27,34)/t12-,13+,14-,16-,17-,18-,21-/m1/s1. The second kappa shape index (κ2) is 13.4. The number of nitrogen functional groups attached to an aromatic ring is 1. The third-order valence-corrected chi connectivity index (χ3v) is 9.69. The molecule has 9 atom stereocenters. The molecule has 9 N–H and O–H groups in total. The van der Waals surface area contributed by atoms with Crippen LogP contribution in [0.4, 0.5) is 10.7 Å². The van der Waals surface area contributed by atoms with Gasteiger partial charge in [-0.25, -0.2) is 18.9 Å². The number of fused-ring (bicyclic) bond motifs is 1. The average Bonchev–Trinajstić information content (AvgIpc) is 3.63. The smallest absolute Gasteiger partial charge is 0.445 e. The van der Waals surface area contributed by atoms with Crippen molar-refractivity contribution in [2.24, 2.45) is 0 Å². The number of aromatic nitrogens is 4. The molecular weight excluding hydrogens is 662 g/mol. The van der Waals surface area contributed by atoms with E-state index < -0.39 is 89.8 Å². The lowest BCUT2D eigenvalue weighted by molar-refractivity contribution is -0.0504. The van der Waals surface area contributed by atoms with Crippen molar-refractivity contribution in [2.75, 3.05) is 25.5 Å². The number of likely N-dealkylation sites (tertiary alicyclic amines) is 1. The number of anilines is 1. The number of ether oxygens (including phenoxy) is 2. The van der Waals surface area contributed by atoms with Gasteiger partial charge in [0, 0.05) is 0 Å². The summed E-state index contributed by atoms with van der Waals surface area (Å²) in [5.74, 6) is -0.268. The van der Waals surface area contributed by atoms with Gasteiger partial charge in [-0.05, 0) is 5.56 Å². The summed E-state index contributed by atoms with van der Waals surface area (Å²) >= 11 is 0. The average molecular weight is 692 g/mol. The summed E-state index contributed by atoms with van der Waals surface area (Å²) in [5, 5.41) is 41.3. The number of aromatic amines is 1. The molecule has 2 aliphatic rings. The summed E-state index contributed by atoms with van der Waals surface area (Å²) in [6.45, 7) is -2.46. The molecule has 21 nitrogen and oxygen atoms in total. The summed E-state index contributed by atoms with van der Waals surface area (Å²) in [4.78, 5) is 55.7. The molecule has 252 valence electrons. The van der Waals surface area contributed by atoms with Gasteiger partial charge in [0.25, 0.3) is 5.56 Å². The number of hydrogen-bond acceptors (Lipinski definition) is 16. The van der Waals surface area contributed by atoms with Crippen LogP contribution >= 0.6 is 15.6 Å². The fourth-order valence-electron chi connectivity index (χ4n) is 4.83. The molecule has 23 heteroatoms. The molecule has 2 fully saturated rings. The van der Waals surface area contributed by atoms with Gasteiger partial charge >= 0.3 is 21.7 Å². The lowest BCUT2D eigenvalue weighted by Crippen LogP contribution is -2.43. The van der Waals surface area contributed by atoms with E-state index in [1.807, 2.05) is 0 Å². The number of rotatable bonds is 11. The van der Waals surface area contributed by atoms with Crippen LogP contribution in [0.2, 0.25) is 0 Å².